The van der Waals surface area contributed by atoms with Crippen LogP contribution in [0.4, 0.5) is 0 Å². The van der Waals surface area contributed by atoms with Gasteiger partial charge in [-0.1, -0.05) is 110 Å². The average molecular weight is 661 g/mol. The lowest BCUT2D eigenvalue weighted by atomic mass is 10.0. The fraction of sp³-hybridized carbons (Fsp3) is 0.886. The summed E-state index contributed by atoms with van der Waals surface area (Å²) in [6.45, 7) is 2.13. The van der Waals surface area contributed by atoms with Gasteiger partial charge in [-0.05, 0) is 19.3 Å². The predicted molar refractivity (Wildman–Crippen MR) is 182 cm³/mol. The molecule has 0 aliphatic heterocycles. The van der Waals surface area contributed by atoms with Crippen LogP contribution in [0.3, 0.4) is 0 Å². The van der Waals surface area contributed by atoms with Crippen molar-refractivity contribution in [3.8, 4) is 12.3 Å². The molecule has 45 heavy (non-hydrogen) atoms. The monoisotopic (exact) mass is 660 g/mol. The Morgan fingerprint density at radius 1 is 0.711 bits per heavy atom. The molecule has 10 heteroatoms. The Morgan fingerprint density at radius 2 is 1.18 bits per heavy atom. The zero-order valence-corrected chi connectivity index (χ0v) is 30.1. The summed E-state index contributed by atoms with van der Waals surface area (Å²) in [7, 11) is 1.45. The number of nitrogens with zero attached hydrogens (tertiary/aromatic N) is 1. The maximum absolute atomic E-state index is 12.5. The van der Waals surface area contributed by atoms with E-state index in [1.54, 1.807) is 0 Å². The second kappa shape index (κ2) is 28.8. The summed E-state index contributed by atoms with van der Waals surface area (Å²) in [5.74, 6) is 1.80. The van der Waals surface area contributed by atoms with Crippen molar-refractivity contribution in [1.82, 2.24) is 0 Å². The van der Waals surface area contributed by atoms with Crippen LogP contribution in [0.25, 0.3) is 0 Å². The Bertz CT molecular complexity index is 823. The molecule has 0 rings (SSSR count). The number of hydrogen-bond donors (Lipinski definition) is 1. The van der Waals surface area contributed by atoms with E-state index in [9.17, 15) is 19.0 Å². The molecule has 1 N–H and O–H groups in total. The molecule has 0 aromatic heterocycles. The van der Waals surface area contributed by atoms with Crippen molar-refractivity contribution >= 4 is 19.8 Å². The molecule has 0 fully saturated rings. The van der Waals surface area contributed by atoms with Crippen LogP contribution in [-0.2, 0) is 32.7 Å². The molecule has 0 saturated heterocycles. The molecule has 0 aliphatic rings. The third kappa shape index (κ3) is 32.3. The molecule has 264 valence electrons. The van der Waals surface area contributed by atoms with E-state index in [1.165, 1.54) is 64.2 Å². The molecule has 0 spiro atoms. The fourth-order valence-electron chi connectivity index (χ4n) is 4.75. The number of rotatable bonds is 32. The summed E-state index contributed by atoms with van der Waals surface area (Å²) in [5.41, 5.74) is 0. The van der Waals surface area contributed by atoms with Crippen molar-refractivity contribution in [2.75, 3.05) is 47.5 Å². The highest BCUT2D eigenvalue weighted by molar-refractivity contribution is 7.47. The van der Waals surface area contributed by atoms with Gasteiger partial charge in [0.25, 0.3) is 0 Å². The van der Waals surface area contributed by atoms with E-state index in [0.29, 0.717) is 17.4 Å². The number of quaternary nitrogens is 1. The van der Waals surface area contributed by atoms with Gasteiger partial charge in [0.1, 0.15) is 19.8 Å². The van der Waals surface area contributed by atoms with E-state index in [1.807, 2.05) is 21.1 Å². The standard InChI is InChI=1S/C35H66NO8P/c1-6-8-10-12-14-16-17-18-19-20-22-23-25-27-34(37)41-31-33(32-43-45(39,40)42-30-29-36(3,4)5)44-35(38)28-26-24-21-15-13-11-9-7-2/h2,33H,6,8-32H2,1,3-5H3/p+1/t33-/m1/s1. The van der Waals surface area contributed by atoms with Gasteiger partial charge in [0.15, 0.2) is 6.10 Å². The summed E-state index contributed by atoms with van der Waals surface area (Å²) in [5, 5.41) is 0. The second-order valence-corrected chi connectivity index (χ2v) is 14.7. The summed E-state index contributed by atoms with van der Waals surface area (Å²) < 4.78 is 33.9. The molecule has 2 atom stereocenters. The molecule has 0 amide bonds. The smallest absolute Gasteiger partial charge is 0.462 e. The van der Waals surface area contributed by atoms with Crippen molar-refractivity contribution < 1.29 is 42.1 Å². The number of phosphoric acid groups is 1. The van der Waals surface area contributed by atoms with Crippen LogP contribution in [0.1, 0.15) is 148 Å². The number of terminal acetylenes is 1. The molecular weight excluding hydrogens is 593 g/mol. The van der Waals surface area contributed by atoms with Gasteiger partial charge in [-0.25, -0.2) is 4.57 Å². The Labute approximate surface area is 275 Å². The van der Waals surface area contributed by atoms with E-state index in [2.05, 4.69) is 12.8 Å². The highest BCUT2D eigenvalue weighted by Gasteiger charge is 2.27. The van der Waals surface area contributed by atoms with E-state index >= 15 is 0 Å². The lowest BCUT2D eigenvalue weighted by Crippen LogP contribution is -2.37. The maximum atomic E-state index is 12.5. The summed E-state index contributed by atoms with van der Waals surface area (Å²) in [6, 6.07) is 0. The number of carbonyl (C=O) groups excluding carboxylic acids is 2. The SMILES string of the molecule is C#CCCCCCCCCC(=O)O[C@H](COC(=O)CCCCCCCCCCCCCCC)COP(=O)(O)OCC[N+](C)(C)C. The Morgan fingerprint density at radius 3 is 1.67 bits per heavy atom. The third-order valence-electron chi connectivity index (χ3n) is 7.60. The van der Waals surface area contributed by atoms with Gasteiger partial charge in [0.05, 0.1) is 27.7 Å². The van der Waals surface area contributed by atoms with Crippen molar-refractivity contribution in [2.45, 2.75) is 154 Å². The molecule has 0 radical (unpaired) electrons. The average Bonchev–Trinajstić information content (AvgIpc) is 2.97. The van der Waals surface area contributed by atoms with Crippen LogP contribution in [0.15, 0.2) is 0 Å². The third-order valence-corrected chi connectivity index (χ3v) is 8.59. The van der Waals surface area contributed by atoms with Crippen molar-refractivity contribution in [3.05, 3.63) is 0 Å². The van der Waals surface area contributed by atoms with Gasteiger partial charge in [0.2, 0.25) is 0 Å². The van der Waals surface area contributed by atoms with Crippen LogP contribution in [0.5, 0.6) is 0 Å². The van der Waals surface area contributed by atoms with Crippen LogP contribution in [0.2, 0.25) is 0 Å². The molecule has 0 aliphatic carbocycles. The van der Waals surface area contributed by atoms with Crippen LogP contribution >= 0.6 is 7.82 Å². The number of carbonyl (C=O) groups is 2. The first-order valence-electron chi connectivity index (χ1n) is 17.7. The first-order valence-corrected chi connectivity index (χ1v) is 19.2. The van der Waals surface area contributed by atoms with Crippen molar-refractivity contribution in [1.29, 1.82) is 0 Å². The van der Waals surface area contributed by atoms with Crippen LogP contribution in [-0.4, -0.2) is 74.9 Å². The molecule has 9 nitrogen and oxygen atoms in total. The maximum Gasteiger partial charge on any atom is 0.472 e. The molecule has 0 aromatic carbocycles. The normalized spacial score (nSPS) is 13.6. The van der Waals surface area contributed by atoms with E-state index < -0.39 is 26.5 Å². The highest BCUT2D eigenvalue weighted by Crippen LogP contribution is 2.43. The van der Waals surface area contributed by atoms with Crippen molar-refractivity contribution in [3.63, 3.8) is 0 Å². The van der Waals surface area contributed by atoms with E-state index in [4.69, 9.17) is 24.9 Å². The first-order chi connectivity index (χ1) is 21.5. The van der Waals surface area contributed by atoms with Gasteiger partial charge in [-0.2, -0.15) is 0 Å². The van der Waals surface area contributed by atoms with Gasteiger partial charge in [0, 0.05) is 19.3 Å². The predicted octanol–water partition coefficient (Wildman–Crippen LogP) is 8.52. The molecule has 0 saturated carbocycles. The quantitative estimate of drug-likeness (QED) is 0.0252. The van der Waals surface area contributed by atoms with Gasteiger partial charge >= 0.3 is 19.8 Å². The van der Waals surface area contributed by atoms with Crippen molar-refractivity contribution in [2.24, 2.45) is 0 Å². The van der Waals surface area contributed by atoms with Gasteiger partial charge in [-0.3, -0.25) is 18.6 Å². The van der Waals surface area contributed by atoms with Gasteiger partial charge < -0.3 is 18.9 Å². The minimum absolute atomic E-state index is 0.0264. The fourth-order valence-corrected chi connectivity index (χ4v) is 5.50. The van der Waals surface area contributed by atoms with Gasteiger partial charge in [-0.15, -0.1) is 12.3 Å². The molecule has 0 bridgehead atoms. The summed E-state index contributed by atoms with van der Waals surface area (Å²) >= 11 is 0. The summed E-state index contributed by atoms with van der Waals surface area (Å²) in [4.78, 5) is 34.9. The number of ether oxygens (including phenoxy) is 2. The zero-order valence-electron chi connectivity index (χ0n) is 29.2. The Kier molecular flexibility index (Phi) is 27.9. The summed E-state index contributed by atoms with van der Waals surface area (Å²) in [6.07, 6.45) is 27.2. The number of phosphoric ester groups is 1. The highest BCUT2D eigenvalue weighted by atomic mass is 31.2. The second-order valence-electron chi connectivity index (χ2n) is 13.2. The molecule has 1 unspecified atom stereocenters. The van der Waals surface area contributed by atoms with E-state index in [0.717, 1.165) is 57.8 Å². The van der Waals surface area contributed by atoms with E-state index in [-0.39, 0.29) is 32.0 Å². The number of hydrogen-bond acceptors (Lipinski definition) is 7. The van der Waals surface area contributed by atoms with Crippen LogP contribution in [0, 0.1) is 12.3 Å². The molecular formula is C35H67NO8P+. The Balaban J connectivity index is 4.40. The number of likely N-dealkylation sites (N-methyl/N-ethyl adjacent to an activating group) is 1. The zero-order chi connectivity index (χ0) is 33.7. The molecule has 0 aromatic rings. The Hall–Kier alpha value is -1.43. The lowest BCUT2D eigenvalue weighted by Gasteiger charge is -2.24. The minimum Gasteiger partial charge on any atom is -0.462 e. The minimum atomic E-state index is -4.36. The molecule has 0 heterocycles. The largest absolute Gasteiger partial charge is 0.472 e. The topological polar surface area (TPSA) is 108 Å². The number of unbranched alkanes of at least 4 members (excludes halogenated alkanes) is 18. The number of esters is 2. The lowest BCUT2D eigenvalue weighted by molar-refractivity contribution is -0.870. The van der Waals surface area contributed by atoms with Crippen LogP contribution < -0.4 is 0 Å². The first kappa shape index (κ1) is 43.6.